The lowest BCUT2D eigenvalue weighted by Gasteiger charge is -2.31. The van der Waals surface area contributed by atoms with E-state index in [1.165, 1.54) is 5.56 Å². The molecule has 1 fully saturated rings. The van der Waals surface area contributed by atoms with E-state index >= 15 is 0 Å². The smallest absolute Gasteiger partial charge is 0.260 e. The highest BCUT2D eigenvalue weighted by molar-refractivity contribution is 5.81. The Labute approximate surface area is 130 Å². The van der Waals surface area contributed by atoms with Gasteiger partial charge < -0.3 is 9.64 Å². The minimum absolute atomic E-state index is 0.0144. The molecular formula is C16H23N3O3. The number of likely N-dealkylation sites (tertiary alicyclic amines) is 1. The summed E-state index contributed by atoms with van der Waals surface area (Å²) in [5, 5.41) is 0. The zero-order valence-corrected chi connectivity index (χ0v) is 13.1. The van der Waals surface area contributed by atoms with E-state index in [0.717, 1.165) is 18.4 Å². The summed E-state index contributed by atoms with van der Waals surface area (Å²) >= 11 is 0. The molecule has 6 nitrogen and oxygen atoms in total. The Morgan fingerprint density at radius 2 is 2.14 bits per heavy atom. The number of nitrogens with one attached hydrogen (secondary N) is 1. The van der Waals surface area contributed by atoms with Gasteiger partial charge in [-0.1, -0.05) is 6.07 Å². The maximum Gasteiger partial charge on any atom is 0.260 e. The van der Waals surface area contributed by atoms with Crippen molar-refractivity contribution in [1.29, 1.82) is 0 Å². The van der Waals surface area contributed by atoms with Gasteiger partial charge in [-0.3, -0.25) is 15.0 Å². The van der Waals surface area contributed by atoms with Gasteiger partial charge in [0.2, 0.25) is 5.91 Å². The number of ether oxygens (including phenoxy) is 1. The van der Waals surface area contributed by atoms with Crippen molar-refractivity contribution < 1.29 is 14.3 Å². The Kier molecular flexibility index (Phi) is 5.38. The molecule has 1 unspecified atom stereocenters. The van der Waals surface area contributed by atoms with Crippen LogP contribution in [0.5, 0.6) is 5.75 Å². The van der Waals surface area contributed by atoms with Gasteiger partial charge >= 0.3 is 0 Å². The van der Waals surface area contributed by atoms with Crippen LogP contribution in [0.25, 0.3) is 0 Å². The first kappa shape index (κ1) is 16.3. The fourth-order valence-corrected chi connectivity index (χ4v) is 2.58. The van der Waals surface area contributed by atoms with Gasteiger partial charge in [0.15, 0.2) is 6.61 Å². The van der Waals surface area contributed by atoms with Crippen LogP contribution < -0.4 is 16.0 Å². The normalized spacial score (nSPS) is 18.0. The molecule has 120 valence electrons. The highest BCUT2D eigenvalue weighted by Gasteiger charge is 2.28. The van der Waals surface area contributed by atoms with E-state index in [0.29, 0.717) is 18.8 Å². The maximum atomic E-state index is 12.2. The summed E-state index contributed by atoms with van der Waals surface area (Å²) < 4.78 is 5.56. The van der Waals surface area contributed by atoms with E-state index in [9.17, 15) is 9.59 Å². The molecule has 0 aliphatic carbocycles. The number of amides is 2. The van der Waals surface area contributed by atoms with Crippen molar-refractivity contribution in [3.63, 3.8) is 0 Å². The Morgan fingerprint density at radius 3 is 2.82 bits per heavy atom. The number of hydrogen-bond acceptors (Lipinski definition) is 4. The molecule has 1 atom stereocenters. The van der Waals surface area contributed by atoms with Crippen molar-refractivity contribution in [3.05, 3.63) is 29.3 Å². The number of hydrogen-bond donors (Lipinski definition) is 2. The fourth-order valence-electron chi connectivity index (χ4n) is 2.58. The van der Waals surface area contributed by atoms with E-state index in [-0.39, 0.29) is 24.3 Å². The van der Waals surface area contributed by atoms with E-state index in [1.54, 1.807) is 4.90 Å². The molecule has 1 saturated heterocycles. The highest BCUT2D eigenvalue weighted by atomic mass is 16.5. The third-order valence-electron chi connectivity index (χ3n) is 4.13. The third-order valence-corrected chi connectivity index (χ3v) is 4.13. The number of rotatable bonds is 4. The van der Waals surface area contributed by atoms with Crippen LogP contribution in [-0.2, 0) is 9.59 Å². The van der Waals surface area contributed by atoms with Gasteiger partial charge in [-0.2, -0.15) is 0 Å². The van der Waals surface area contributed by atoms with Gasteiger partial charge in [-0.05, 0) is 49.9 Å². The summed E-state index contributed by atoms with van der Waals surface area (Å²) in [6.45, 7) is 5.08. The number of hydrazine groups is 1. The summed E-state index contributed by atoms with van der Waals surface area (Å²) in [6.07, 6.45) is 1.55. The molecule has 22 heavy (non-hydrogen) atoms. The quantitative estimate of drug-likeness (QED) is 0.492. The Bertz CT molecular complexity index is 560. The van der Waals surface area contributed by atoms with Crippen LogP contribution in [0.4, 0.5) is 0 Å². The van der Waals surface area contributed by atoms with Gasteiger partial charge in [0.1, 0.15) is 5.75 Å². The lowest BCUT2D eigenvalue weighted by molar-refractivity contribution is -0.137. The van der Waals surface area contributed by atoms with Gasteiger partial charge in [-0.15, -0.1) is 0 Å². The van der Waals surface area contributed by atoms with Gasteiger partial charge in [0.05, 0.1) is 5.92 Å². The number of nitrogens with two attached hydrogens (primary N) is 1. The average molecular weight is 305 g/mol. The van der Waals surface area contributed by atoms with Crippen LogP contribution >= 0.6 is 0 Å². The molecule has 1 aliphatic rings. The maximum absolute atomic E-state index is 12.2. The number of benzene rings is 1. The monoisotopic (exact) mass is 305 g/mol. The third kappa shape index (κ3) is 3.98. The summed E-state index contributed by atoms with van der Waals surface area (Å²) in [6, 6.07) is 5.75. The lowest BCUT2D eigenvalue weighted by Crippen LogP contribution is -2.48. The first-order chi connectivity index (χ1) is 10.5. The molecule has 0 bridgehead atoms. The van der Waals surface area contributed by atoms with Crippen LogP contribution in [0.1, 0.15) is 24.0 Å². The minimum Gasteiger partial charge on any atom is -0.484 e. The largest absolute Gasteiger partial charge is 0.484 e. The summed E-state index contributed by atoms with van der Waals surface area (Å²) in [7, 11) is 0. The van der Waals surface area contributed by atoms with Crippen LogP contribution in [0.2, 0.25) is 0 Å². The summed E-state index contributed by atoms with van der Waals surface area (Å²) in [4.78, 5) is 25.5. The number of carbonyl (C=O) groups excluding carboxylic acids is 2. The second-order valence-electron chi connectivity index (χ2n) is 5.72. The van der Waals surface area contributed by atoms with Crippen molar-refractivity contribution in [2.45, 2.75) is 26.7 Å². The van der Waals surface area contributed by atoms with Crippen LogP contribution in [0.15, 0.2) is 18.2 Å². The van der Waals surface area contributed by atoms with Crippen molar-refractivity contribution in [2.75, 3.05) is 19.7 Å². The van der Waals surface area contributed by atoms with E-state index in [1.807, 2.05) is 32.0 Å². The Hall–Kier alpha value is -2.08. The van der Waals surface area contributed by atoms with E-state index in [2.05, 4.69) is 5.43 Å². The molecule has 3 N–H and O–H groups in total. The zero-order chi connectivity index (χ0) is 16.1. The minimum atomic E-state index is -0.232. The Balaban J connectivity index is 1.88. The average Bonchev–Trinajstić information content (AvgIpc) is 2.55. The molecule has 1 aromatic carbocycles. The lowest BCUT2D eigenvalue weighted by atomic mass is 9.97. The second kappa shape index (κ2) is 7.26. The predicted octanol–water partition coefficient (Wildman–Crippen LogP) is 0.911. The van der Waals surface area contributed by atoms with Crippen LogP contribution in [-0.4, -0.2) is 36.4 Å². The molecule has 0 saturated carbocycles. The predicted molar refractivity (Wildman–Crippen MR) is 83.0 cm³/mol. The van der Waals surface area contributed by atoms with Gasteiger partial charge in [0, 0.05) is 13.1 Å². The van der Waals surface area contributed by atoms with Gasteiger partial charge in [0.25, 0.3) is 5.91 Å². The first-order valence-electron chi connectivity index (χ1n) is 7.49. The molecule has 6 heteroatoms. The molecule has 1 aliphatic heterocycles. The number of nitrogens with zero attached hydrogens (tertiary/aromatic N) is 1. The number of aryl methyl sites for hydroxylation is 2. The van der Waals surface area contributed by atoms with Crippen molar-refractivity contribution in [1.82, 2.24) is 10.3 Å². The van der Waals surface area contributed by atoms with Crippen molar-refractivity contribution >= 4 is 11.8 Å². The summed E-state index contributed by atoms with van der Waals surface area (Å²) in [5.74, 6) is 5.29. The second-order valence-corrected chi connectivity index (χ2v) is 5.72. The molecule has 1 heterocycles. The van der Waals surface area contributed by atoms with Crippen LogP contribution in [0, 0.1) is 19.8 Å². The Morgan fingerprint density at radius 1 is 1.36 bits per heavy atom. The molecule has 0 aromatic heterocycles. The molecule has 0 spiro atoms. The topological polar surface area (TPSA) is 84.7 Å². The zero-order valence-electron chi connectivity index (χ0n) is 13.1. The SMILES string of the molecule is Cc1ccc(OCC(=O)N2CCCC(C(=O)NN)C2)cc1C. The van der Waals surface area contributed by atoms with E-state index in [4.69, 9.17) is 10.6 Å². The molecule has 0 radical (unpaired) electrons. The highest BCUT2D eigenvalue weighted by Crippen LogP contribution is 2.18. The van der Waals surface area contributed by atoms with Crippen molar-refractivity contribution in [2.24, 2.45) is 11.8 Å². The molecular weight excluding hydrogens is 282 g/mol. The standard InChI is InChI=1S/C16H23N3O3/c1-11-5-6-14(8-12(11)2)22-10-15(20)19-7-3-4-13(9-19)16(21)18-17/h5-6,8,13H,3-4,7,9-10,17H2,1-2H3,(H,18,21). The molecule has 1 aromatic rings. The van der Waals surface area contributed by atoms with Gasteiger partial charge in [-0.25, -0.2) is 5.84 Å². The molecule has 2 amide bonds. The number of carbonyl (C=O) groups is 2. The van der Waals surface area contributed by atoms with Crippen molar-refractivity contribution in [3.8, 4) is 5.75 Å². The number of piperidine rings is 1. The molecule has 2 rings (SSSR count). The fraction of sp³-hybridized carbons (Fsp3) is 0.500. The van der Waals surface area contributed by atoms with E-state index < -0.39 is 0 Å². The summed E-state index contributed by atoms with van der Waals surface area (Å²) in [5.41, 5.74) is 4.47. The van der Waals surface area contributed by atoms with Crippen LogP contribution in [0.3, 0.4) is 0 Å². The first-order valence-corrected chi connectivity index (χ1v) is 7.49.